The van der Waals surface area contributed by atoms with Gasteiger partial charge in [0, 0.05) is 35.7 Å². The van der Waals surface area contributed by atoms with Crippen LogP contribution in [0.3, 0.4) is 0 Å². The number of rotatable bonds is 7. The molecule has 1 aromatic heterocycles. The van der Waals surface area contributed by atoms with Gasteiger partial charge >= 0.3 is 6.61 Å². The van der Waals surface area contributed by atoms with Crippen LogP contribution >= 0.6 is 0 Å². The van der Waals surface area contributed by atoms with Crippen molar-refractivity contribution in [2.45, 2.75) is 13.0 Å². The number of ether oxygens (including phenoxy) is 1. The molecule has 9 nitrogen and oxygen atoms in total. The molecule has 0 bridgehead atoms. The molecule has 0 saturated carbocycles. The first-order valence-electron chi connectivity index (χ1n) is 9.56. The van der Waals surface area contributed by atoms with Crippen molar-refractivity contribution in [2.24, 2.45) is 5.73 Å². The van der Waals surface area contributed by atoms with E-state index >= 15 is 0 Å². The minimum Gasteiger partial charge on any atom is -0.435 e. The zero-order chi connectivity index (χ0) is 22.7. The summed E-state index contributed by atoms with van der Waals surface area (Å²) in [6, 6.07) is 11.1. The summed E-state index contributed by atoms with van der Waals surface area (Å²) in [5.74, 6) is -0.732. The van der Waals surface area contributed by atoms with Crippen LogP contribution in [0.5, 0.6) is 5.75 Å². The summed E-state index contributed by atoms with van der Waals surface area (Å²) in [6.45, 7) is -2.47. The predicted octanol–water partition coefficient (Wildman–Crippen LogP) is 2.95. The van der Waals surface area contributed by atoms with Crippen LogP contribution in [0.4, 0.5) is 31.9 Å². The summed E-state index contributed by atoms with van der Waals surface area (Å²) in [5.41, 5.74) is 7.84. The van der Waals surface area contributed by atoms with E-state index in [4.69, 9.17) is 5.73 Å². The van der Waals surface area contributed by atoms with E-state index in [2.05, 4.69) is 30.7 Å². The number of nitrogens with zero attached hydrogens (tertiary/aromatic N) is 2. The van der Waals surface area contributed by atoms with E-state index in [0.29, 0.717) is 29.9 Å². The van der Waals surface area contributed by atoms with Crippen molar-refractivity contribution in [3.63, 3.8) is 0 Å². The number of amides is 2. The van der Waals surface area contributed by atoms with Crippen molar-refractivity contribution in [1.29, 1.82) is 0 Å². The highest BCUT2D eigenvalue weighted by Gasteiger charge is 2.21. The average molecular weight is 440 g/mol. The molecule has 3 aromatic rings. The number of primary amides is 1. The van der Waals surface area contributed by atoms with E-state index in [9.17, 15) is 18.4 Å². The maximum atomic E-state index is 12.5. The monoisotopic (exact) mass is 440 g/mol. The number of hydrogen-bond acceptors (Lipinski definition) is 7. The maximum Gasteiger partial charge on any atom is 0.387 e. The van der Waals surface area contributed by atoms with Crippen molar-refractivity contribution in [1.82, 2.24) is 15.3 Å². The second-order valence-corrected chi connectivity index (χ2v) is 6.81. The fraction of sp³-hybridized carbons (Fsp3) is 0.143. The first kappa shape index (κ1) is 21.0. The molecule has 32 heavy (non-hydrogen) atoms. The Morgan fingerprint density at radius 1 is 1.19 bits per heavy atom. The van der Waals surface area contributed by atoms with E-state index < -0.39 is 12.5 Å². The molecule has 0 radical (unpaired) electrons. The van der Waals surface area contributed by atoms with Gasteiger partial charge in [-0.15, -0.1) is 0 Å². The number of carbonyl (C=O) groups is 2. The lowest BCUT2D eigenvalue weighted by Gasteiger charge is -2.20. The molecule has 0 aliphatic carbocycles. The normalized spacial score (nSPS) is 12.7. The van der Waals surface area contributed by atoms with Crippen molar-refractivity contribution >= 4 is 35.0 Å². The van der Waals surface area contributed by atoms with Gasteiger partial charge in [0.25, 0.3) is 11.8 Å². The van der Waals surface area contributed by atoms with Gasteiger partial charge in [-0.05, 0) is 36.2 Å². The SMILES string of the molecule is NC(=O)c1cnc(Nc2cccc(OC(F)F)c2)nc1Nc1cccc2c1CCNC2=O. The lowest BCUT2D eigenvalue weighted by Crippen LogP contribution is -2.32. The molecule has 164 valence electrons. The molecule has 2 amide bonds. The van der Waals surface area contributed by atoms with E-state index in [1.807, 2.05) is 0 Å². The number of anilines is 4. The third-order valence-electron chi connectivity index (χ3n) is 4.70. The maximum absolute atomic E-state index is 12.5. The molecule has 11 heteroatoms. The number of benzene rings is 2. The van der Waals surface area contributed by atoms with E-state index in [0.717, 1.165) is 5.56 Å². The van der Waals surface area contributed by atoms with Crippen LogP contribution in [0, 0.1) is 0 Å². The molecule has 0 unspecified atom stereocenters. The van der Waals surface area contributed by atoms with Gasteiger partial charge in [0.2, 0.25) is 5.95 Å². The topological polar surface area (TPSA) is 131 Å². The van der Waals surface area contributed by atoms with Crippen molar-refractivity contribution in [2.75, 3.05) is 17.2 Å². The highest BCUT2D eigenvalue weighted by Crippen LogP contribution is 2.28. The lowest BCUT2D eigenvalue weighted by molar-refractivity contribution is -0.0498. The van der Waals surface area contributed by atoms with Crippen LogP contribution < -0.4 is 26.4 Å². The van der Waals surface area contributed by atoms with Crippen LogP contribution in [0.15, 0.2) is 48.7 Å². The first-order chi connectivity index (χ1) is 15.4. The van der Waals surface area contributed by atoms with Crippen molar-refractivity contribution < 1.29 is 23.1 Å². The average Bonchev–Trinajstić information content (AvgIpc) is 2.74. The van der Waals surface area contributed by atoms with Crippen LogP contribution in [0.1, 0.15) is 26.3 Å². The molecule has 0 saturated heterocycles. The summed E-state index contributed by atoms with van der Waals surface area (Å²) in [6.07, 6.45) is 1.85. The minimum absolute atomic E-state index is 0.0358. The summed E-state index contributed by atoms with van der Waals surface area (Å²) in [7, 11) is 0. The largest absolute Gasteiger partial charge is 0.435 e. The quantitative estimate of drug-likeness (QED) is 0.444. The zero-order valence-electron chi connectivity index (χ0n) is 16.6. The van der Waals surface area contributed by atoms with Gasteiger partial charge in [-0.1, -0.05) is 12.1 Å². The van der Waals surface area contributed by atoms with Gasteiger partial charge in [0.15, 0.2) is 0 Å². The van der Waals surface area contributed by atoms with Crippen molar-refractivity contribution in [3.8, 4) is 5.75 Å². The predicted molar refractivity (Wildman–Crippen MR) is 113 cm³/mol. The standard InChI is InChI=1S/C21H18F2N6O3/c22-20(23)32-12-4-1-3-11(9-12)27-21-26-10-15(17(24)30)18(29-21)28-16-6-2-5-14-13(16)7-8-25-19(14)31/h1-6,9-10,20H,7-8H2,(H2,24,30)(H,25,31)(H2,26,27,28,29). The molecule has 4 rings (SSSR count). The van der Waals surface area contributed by atoms with E-state index in [1.165, 1.54) is 24.4 Å². The van der Waals surface area contributed by atoms with Gasteiger partial charge in [0.05, 0.1) is 0 Å². The third-order valence-corrected chi connectivity index (χ3v) is 4.70. The summed E-state index contributed by atoms with van der Waals surface area (Å²) < 4.78 is 29.3. The Morgan fingerprint density at radius 3 is 2.78 bits per heavy atom. The molecular formula is C21H18F2N6O3. The third kappa shape index (κ3) is 4.56. The Labute approximate surface area is 181 Å². The molecule has 5 N–H and O–H groups in total. The molecule has 1 aliphatic heterocycles. The van der Waals surface area contributed by atoms with Crippen LogP contribution in [-0.2, 0) is 6.42 Å². The molecule has 0 fully saturated rings. The second-order valence-electron chi connectivity index (χ2n) is 6.81. The molecule has 2 aromatic carbocycles. The van der Waals surface area contributed by atoms with E-state index in [1.54, 1.807) is 24.3 Å². The van der Waals surface area contributed by atoms with Gasteiger partial charge in [-0.25, -0.2) is 4.98 Å². The van der Waals surface area contributed by atoms with Gasteiger partial charge in [-0.3, -0.25) is 9.59 Å². The number of nitrogens with two attached hydrogens (primary N) is 1. The molecule has 0 atom stereocenters. The highest BCUT2D eigenvalue weighted by molar-refractivity contribution is 6.00. The molecular weight excluding hydrogens is 422 g/mol. The Bertz CT molecular complexity index is 1190. The zero-order valence-corrected chi connectivity index (χ0v) is 16.6. The Kier molecular flexibility index (Phi) is 5.79. The fourth-order valence-electron chi connectivity index (χ4n) is 3.31. The van der Waals surface area contributed by atoms with Crippen LogP contribution in [-0.4, -0.2) is 34.9 Å². The minimum atomic E-state index is -2.95. The number of carbonyl (C=O) groups excluding carboxylic acids is 2. The molecule has 0 spiro atoms. The smallest absolute Gasteiger partial charge is 0.387 e. The first-order valence-corrected chi connectivity index (χ1v) is 9.56. The highest BCUT2D eigenvalue weighted by atomic mass is 19.3. The number of hydrogen-bond donors (Lipinski definition) is 4. The van der Waals surface area contributed by atoms with Crippen molar-refractivity contribution in [3.05, 3.63) is 65.4 Å². The summed E-state index contributed by atoms with van der Waals surface area (Å²) >= 11 is 0. The number of fused-ring (bicyclic) bond motifs is 1. The number of alkyl halides is 2. The Morgan fingerprint density at radius 2 is 2.00 bits per heavy atom. The fourth-order valence-corrected chi connectivity index (χ4v) is 3.31. The molecule has 2 heterocycles. The number of aromatic nitrogens is 2. The lowest BCUT2D eigenvalue weighted by atomic mass is 9.98. The van der Waals surface area contributed by atoms with Gasteiger partial charge in [0.1, 0.15) is 17.1 Å². The summed E-state index contributed by atoms with van der Waals surface area (Å²) in [5, 5.41) is 8.72. The summed E-state index contributed by atoms with van der Waals surface area (Å²) in [4.78, 5) is 32.4. The Hall–Kier alpha value is -4.28. The number of halogens is 2. The van der Waals surface area contributed by atoms with Crippen LogP contribution in [0.2, 0.25) is 0 Å². The van der Waals surface area contributed by atoms with Gasteiger partial charge < -0.3 is 26.4 Å². The van der Waals surface area contributed by atoms with Gasteiger partial charge in [-0.2, -0.15) is 13.8 Å². The second kappa shape index (κ2) is 8.84. The number of nitrogens with one attached hydrogen (secondary N) is 3. The van der Waals surface area contributed by atoms with E-state index in [-0.39, 0.29) is 29.0 Å². The van der Waals surface area contributed by atoms with Crippen LogP contribution in [0.25, 0.3) is 0 Å². The Balaban J connectivity index is 1.65. The molecule has 1 aliphatic rings.